The lowest BCUT2D eigenvalue weighted by atomic mass is 10.1. The number of carbonyl (C=O) groups is 1. The molecule has 1 aromatic rings. The van der Waals surface area contributed by atoms with E-state index in [1.54, 1.807) is 0 Å². The van der Waals surface area contributed by atoms with Crippen molar-refractivity contribution in [2.45, 2.75) is 31.3 Å². The Labute approximate surface area is 111 Å². The van der Waals surface area contributed by atoms with Crippen molar-refractivity contribution in [1.29, 1.82) is 0 Å². The van der Waals surface area contributed by atoms with Crippen molar-refractivity contribution in [3.63, 3.8) is 0 Å². The average molecular weight is 262 g/mol. The summed E-state index contributed by atoms with van der Waals surface area (Å²) < 4.78 is 0. The molecule has 19 heavy (non-hydrogen) atoms. The molecule has 102 valence electrons. The van der Waals surface area contributed by atoms with E-state index < -0.39 is 0 Å². The first-order chi connectivity index (χ1) is 9.15. The van der Waals surface area contributed by atoms with E-state index in [1.807, 2.05) is 0 Å². The van der Waals surface area contributed by atoms with E-state index in [0.29, 0.717) is 6.04 Å². The second-order valence-corrected chi connectivity index (χ2v) is 5.32. The quantitative estimate of drug-likeness (QED) is 0.697. The molecule has 0 bridgehead atoms. The Morgan fingerprint density at radius 3 is 2.95 bits per heavy atom. The van der Waals surface area contributed by atoms with Crippen LogP contribution >= 0.6 is 0 Å². The fourth-order valence-electron chi connectivity index (χ4n) is 3.20. The van der Waals surface area contributed by atoms with E-state index in [1.165, 1.54) is 24.6 Å². The summed E-state index contributed by atoms with van der Waals surface area (Å²) >= 11 is 0. The Morgan fingerprint density at radius 2 is 2.11 bits per heavy atom. The Bertz CT molecular complexity index is 503. The molecule has 2 aliphatic heterocycles. The van der Waals surface area contributed by atoms with Gasteiger partial charge in [-0.1, -0.05) is 0 Å². The van der Waals surface area contributed by atoms with Crippen molar-refractivity contribution in [3.8, 4) is 11.5 Å². The van der Waals surface area contributed by atoms with Gasteiger partial charge in [0, 0.05) is 18.6 Å². The fraction of sp³-hybridized carbons (Fsp3) is 0.500. The normalized spacial score (nSPS) is 26.3. The van der Waals surface area contributed by atoms with Gasteiger partial charge in [-0.15, -0.1) is 0 Å². The highest BCUT2D eigenvalue weighted by Gasteiger charge is 2.38. The minimum Gasteiger partial charge on any atom is -0.508 e. The van der Waals surface area contributed by atoms with Crippen LogP contribution in [0, 0.1) is 0 Å². The second-order valence-electron chi connectivity index (χ2n) is 5.32. The van der Waals surface area contributed by atoms with Crippen LogP contribution in [0.4, 0.5) is 0 Å². The third kappa shape index (κ3) is 2.26. The van der Waals surface area contributed by atoms with Crippen molar-refractivity contribution in [2.24, 2.45) is 0 Å². The van der Waals surface area contributed by atoms with E-state index in [9.17, 15) is 15.0 Å². The van der Waals surface area contributed by atoms with Gasteiger partial charge >= 0.3 is 0 Å². The number of phenols is 2. The molecular formula is C14H18N2O3. The third-order valence-corrected chi connectivity index (χ3v) is 4.15. The van der Waals surface area contributed by atoms with Crippen molar-refractivity contribution in [1.82, 2.24) is 10.2 Å². The van der Waals surface area contributed by atoms with Gasteiger partial charge in [-0.2, -0.15) is 0 Å². The standard InChI is InChI=1S/C14H18N2O3/c17-9-3-4-13(18)10(8-9)14(19)15-11-5-7-16-6-1-2-12(11)16/h3-4,8,11-12,17-18H,1-2,5-7H2,(H,15,19). The summed E-state index contributed by atoms with van der Waals surface area (Å²) in [5.41, 5.74) is 0.136. The van der Waals surface area contributed by atoms with Crippen molar-refractivity contribution in [3.05, 3.63) is 23.8 Å². The first-order valence-electron chi connectivity index (χ1n) is 6.72. The molecule has 0 aliphatic carbocycles. The van der Waals surface area contributed by atoms with Crippen LogP contribution in [0.2, 0.25) is 0 Å². The topological polar surface area (TPSA) is 72.8 Å². The van der Waals surface area contributed by atoms with Crippen LogP contribution in [0.3, 0.4) is 0 Å². The average Bonchev–Trinajstić information content (AvgIpc) is 2.97. The SMILES string of the molecule is O=C(NC1CCN2CCCC12)c1cc(O)ccc1O. The molecule has 0 aromatic heterocycles. The summed E-state index contributed by atoms with van der Waals surface area (Å²) in [6.45, 7) is 2.15. The number of nitrogens with one attached hydrogen (secondary N) is 1. The number of phenolic OH excluding ortho intramolecular Hbond substituents is 2. The van der Waals surface area contributed by atoms with Crippen LogP contribution in [0.5, 0.6) is 11.5 Å². The van der Waals surface area contributed by atoms with Gasteiger partial charge in [0.25, 0.3) is 5.91 Å². The largest absolute Gasteiger partial charge is 0.508 e. The maximum Gasteiger partial charge on any atom is 0.255 e. The maximum absolute atomic E-state index is 12.2. The zero-order chi connectivity index (χ0) is 13.4. The molecule has 2 saturated heterocycles. The molecule has 2 aliphatic rings. The van der Waals surface area contributed by atoms with E-state index in [2.05, 4.69) is 10.2 Å². The number of benzene rings is 1. The minimum absolute atomic E-state index is 0.0168. The lowest BCUT2D eigenvalue weighted by Crippen LogP contribution is -2.42. The molecular weight excluding hydrogens is 244 g/mol. The van der Waals surface area contributed by atoms with Crippen LogP contribution in [0.15, 0.2) is 18.2 Å². The van der Waals surface area contributed by atoms with Gasteiger partial charge in [0.2, 0.25) is 0 Å². The third-order valence-electron chi connectivity index (χ3n) is 4.15. The Hall–Kier alpha value is -1.75. The Morgan fingerprint density at radius 1 is 1.26 bits per heavy atom. The molecule has 2 unspecified atom stereocenters. The molecule has 2 atom stereocenters. The van der Waals surface area contributed by atoms with Gasteiger partial charge in [-0.25, -0.2) is 0 Å². The Balaban J connectivity index is 1.73. The van der Waals surface area contributed by atoms with Crippen LogP contribution < -0.4 is 5.32 Å². The number of amides is 1. The highest BCUT2D eigenvalue weighted by Crippen LogP contribution is 2.29. The van der Waals surface area contributed by atoms with Crippen LogP contribution in [0.1, 0.15) is 29.6 Å². The van der Waals surface area contributed by atoms with E-state index in [4.69, 9.17) is 0 Å². The summed E-state index contributed by atoms with van der Waals surface area (Å²) in [4.78, 5) is 14.6. The number of hydrogen-bond donors (Lipinski definition) is 3. The number of aromatic hydroxyl groups is 2. The molecule has 1 aromatic carbocycles. The van der Waals surface area contributed by atoms with E-state index in [0.717, 1.165) is 25.9 Å². The summed E-state index contributed by atoms with van der Waals surface area (Å²) in [6.07, 6.45) is 3.27. The zero-order valence-electron chi connectivity index (χ0n) is 10.7. The number of fused-ring (bicyclic) bond motifs is 1. The first kappa shape index (κ1) is 12.3. The van der Waals surface area contributed by atoms with Crippen molar-refractivity contribution in [2.75, 3.05) is 13.1 Å². The molecule has 3 rings (SSSR count). The Kier molecular flexibility index (Phi) is 3.06. The maximum atomic E-state index is 12.2. The number of carbonyl (C=O) groups excluding carboxylic acids is 1. The highest BCUT2D eigenvalue weighted by atomic mass is 16.3. The monoisotopic (exact) mass is 262 g/mol. The summed E-state index contributed by atoms with van der Waals surface area (Å²) in [6, 6.07) is 4.58. The predicted molar refractivity (Wildman–Crippen MR) is 70.2 cm³/mol. The van der Waals surface area contributed by atoms with Crippen LogP contribution in [0.25, 0.3) is 0 Å². The molecule has 3 N–H and O–H groups in total. The highest BCUT2D eigenvalue weighted by molar-refractivity contribution is 5.97. The van der Waals surface area contributed by atoms with Gasteiger partial charge in [-0.05, 0) is 44.0 Å². The second kappa shape index (κ2) is 4.74. The van der Waals surface area contributed by atoms with Crippen LogP contribution in [-0.4, -0.2) is 46.2 Å². The van der Waals surface area contributed by atoms with Gasteiger partial charge in [-0.3, -0.25) is 9.69 Å². The van der Waals surface area contributed by atoms with Crippen LogP contribution in [-0.2, 0) is 0 Å². The fourth-order valence-corrected chi connectivity index (χ4v) is 3.20. The molecule has 0 saturated carbocycles. The van der Waals surface area contributed by atoms with Crippen molar-refractivity contribution < 1.29 is 15.0 Å². The van der Waals surface area contributed by atoms with E-state index in [-0.39, 0.29) is 29.0 Å². The zero-order valence-corrected chi connectivity index (χ0v) is 10.7. The van der Waals surface area contributed by atoms with Gasteiger partial charge in [0.1, 0.15) is 11.5 Å². The predicted octanol–water partition coefficient (Wildman–Crippen LogP) is 1.06. The number of hydrogen-bond acceptors (Lipinski definition) is 4. The lowest BCUT2D eigenvalue weighted by molar-refractivity contribution is 0.0926. The first-order valence-corrected chi connectivity index (χ1v) is 6.72. The van der Waals surface area contributed by atoms with Gasteiger partial charge in [0.05, 0.1) is 5.56 Å². The summed E-state index contributed by atoms with van der Waals surface area (Å²) in [5, 5.41) is 22.1. The molecule has 2 heterocycles. The number of rotatable bonds is 2. The number of nitrogens with zero attached hydrogens (tertiary/aromatic N) is 1. The smallest absolute Gasteiger partial charge is 0.255 e. The molecule has 0 radical (unpaired) electrons. The van der Waals surface area contributed by atoms with Gasteiger partial charge in [0.15, 0.2) is 0 Å². The lowest BCUT2D eigenvalue weighted by Gasteiger charge is -2.21. The molecule has 2 fully saturated rings. The molecule has 1 amide bonds. The molecule has 5 nitrogen and oxygen atoms in total. The van der Waals surface area contributed by atoms with Crippen molar-refractivity contribution >= 4 is 5.91 Å². The summed E-state index contributed by atoms with van der Waals surface area (Å²) in [5.74, 6) is -0.430. The molecule has 0 spiro atoms. The minimum atomic E-state index is -0.313. The summed E-state index contributed by atoms with van der Waals surface area (Å²) in [7, 11) is 0. The van der Waals surface area contributed by atoms with Gasteiger partial charge < -0.3 is 15.5 Å². The van der Waals surface area contributed by atoms with E-state index >= 15 is 0 Å². The molecule has 5 heteroatoms.